The van der Waals surface area contributed by atoms with Crippen molar-refractivity contribution in [1.82, 2.24) is 0 Å². The Hall–Kier alpha value is -2.87. The molecule has 0 spiro atoms. The monoisotopic (exact) mass is 380 g/mol. The summed E-state index contributed by atoms with van der Waals surface area (Å²) in [5.74, 6) is -4.18. The van der Waals surface area contributed by atoms with E-state index in [0.29, 0.717) is 0 Å². The van der Waals surface area contributed by atoms with Gasteiger partial charge in [0.25, 0.3) is 0 Å². The summed E-state index contributed by atoms with van der Waals surface area (Å²) in [5.41, 5.74) is -1.17. The van der Waals surface area contributed by atoms with E-state index in [-0.39, 0.29) is 21.5 Å². The summed E-state index contributed by atoms with van der Waals surface area (Å²) in [5, 5.41) is 48.2. The summed E-state index contributed by atoms with van der Waals surface area (Å²) in [6, 6.07) is 6.01. The van der Waals surface area contributed by atoms with Crippen LogP contribution in [-0.4, -0.2) is 25.5 Å². The average molecular weight is 381 g/mol. The first-order valence-corrected chi connectivity index (χ1v) is 7.04. The third-order valence-electron chi connectivity index (χ3n) is 3.33. The van der Waals surface area contributed by atoms with Crippen LogP contribution in [0.3, 0.4) is 0 Å². The zero-order chi connectivity index (χ0) is 16.9. The highest BCUT2D eigenvalue weighted by molar-refractivity contribution is 9.10. The van der Waals surface area contributed by atoms with Crippen molar-refractivity contribution < 1.29 is 29.9 Å². The second-order valence-corrected chi connectivity index (χ2v) is 5.48. The van der Waals surface area contributed by atoms with Crippen LogP contribution in [0.5, 0.6) is 28.7 Å². The van der Waals surface area contributed by atoms with Crippen molar-refractivity contribution in [1.29, 1.82) is 0 Å². The number of fused-ring (bicyclic) bond motifs is 1. The van der Waals surface area contributed by atoms with Crippen molar-refractivity contribution >= 4 is 26.9 Å². The van der Waals surface area contributed by atoms with Crippen molar-refractivity contribution in [2.45, 2.75) is 0 Å². The van der Waals surface area contributed by atoms with Gasteiger partial charge in [-0.1, -0.05) is 12.1 Å². The molecule has 0 aliphatic heterocycles. The maximum absolute atomic E-state index is 12.4. The van der Waals surface area contributed by atoms with Gasteiger partial charge < -0.3 is 29.9 Å². The molecule has 0 unspecified atom stereocenters. The molecule has 0 fully saturated rings. The van der Waals surface area contributed by atoms with E-state index in [1.807, 2.05) is 0 Å². The minimum Gasteiger partial charge on any atom is -0.507 e. The van der Waals surface area contributed by atoms with E-state index >= 15 is 0 Å². The summed E-state index contributed by atoms with van der Waals surface area (Å²) in [6.45, 7) is 0. The predicted octanol–water partition coefficient (Wildman–Crippen LogP) is 2.75. The van der Waals surface area contributed by atoms with Crippen LogP contribution in [0.4, 0.5) is 0 Å². The SMILES string of the molecule is O=c1c(Br)c(-c2ccccc2O)oc2c(O)c(O)c(O)c(O)c12. The quantitative estimate of drug-likeness (QED) is 0.324. The second-order valence-electron chi connectivity index (χ2n) is 4.69. The molecule has 7 nitrogen and oxygen atoms in total. The third kappa shape index (κ3) is 2.07. The van der Waals surface area contributed by atoms with E-state index in [9.17, 15) is 30.3 Å². The molecule has 0 aliphatic rings. The van der Waals surface area contributed by atoms with Crippen LogP contribution in [0.2, 0.25) is 0 Å². The number of para-hydroxylation sites is 1. The number of halogens is 1. The largest absolute Gasteiger partial charge is 0.507 e. The number of hydrogen-bond acceptors (Lipinski definition) is 7. The summed E-state index contributed by atoms with van der Waals surface area (Å²) in [6.07, 6.45) is 0. The van der Waals surface area contributed by atoms with Crippen molar-refractivity contribution in [3.63, 3.8) is 0 Å². The van der Waals surface area contributed by atoms with Crippen molar-refractivity contribution in [3.05, 3.63) is 39.0 Å². The van der Waals surface area contributed by atoms with E-state index in [1.54, 1.807) is 12.1 Å². The summed E-state index contributed by atoms with van der Waals surface area (Å²) < 4.78 is 5.27. The molecular weight excluding hydrogens is 372 g/mol. The number of rotatable bonds is 1. The Labute approximate surface area is 136 Å². The minimum atomic E-state index is -1.04. The first-order chi connectivity index (χ1) is 10.8. The standard InChI is InChI=1S/C15H9BrO7/c16-8-9(18)7-10(19)11(20)12(21)13(22)15(7)23-14(8)5-3-1-2-4-6(5)17/h1-4,17,19-22H. The number of benzene rings is 2. The zero-order valence-corrected chi connectivity index (χ0v) is 12.8. The number of phenols is 5. The average Bonchev–Trinajstić information content (AvgIpc) is 2.54. The Morgan fingerprint density at radius 3 is 2.13 bits per heavy atom. The fraction of sp³-hybridized carbons (Fsp3) is 0. The third-order valence-corrected chi connectivity index (χ3v) is 4.05. The van der Waals surface area contributed by atoms with Crippen molar-refractivity contribution in [2.75, 3.05) is 0 Å². The van der Waals surface area contributed by atoms with Crippen LogP contribution < -0.4 is 5.43 Å². The van der Waals surface area contributed by atoms with Gasteiger partial charge in [-0.25, -0.2) is 0 Å². The number of aromatic hydroxyl groups is 5. The van der Waals surface area contributed by atoms with Crippen LogP contribution in [0, 0.1) is 0 Å². The molecule has 8 heteroatoms. The van der Waals surface area contributed by atoms with E-state index in [0.717, 1.165) is 0 Å². The van der Waals surface area contributed by atoms with Gasteiger partial charge in [0.2, 0.25) is 22.7 Å². The van der Waals surface area contributed by atoms with Gasteiger partial charge in [0, 0.05) is 0 Å². The predicted molar refractivity (Wildman–Crippen MR) is 83.9 cm³/mol. The Kier molecular flexibility index (Phi) is 3.33. The maximum Gasteiger partial charge on any atom is 0.211 e. The molecule has 0 amide bonds. The molecule has 0 bridgehead atoms. The topological polar surface area (TPSA) is 131 Å². The smallest absolute Gasteiger partial charge is 0.211 e. The lowest BCUT2D eigenvalue weighted by molar-refractivity contribution is 0.346. The fourth-order valence-electron chi connectivity index (χ4n) is 2.18. The lowest BCUT2D eigenvalue weighted by Crippen LogP contribution is -2.05. The highest BCUT2D eigenvalue weighted by Gasteiger charge is 2.26. The van der Waals surface area contributed by atoms with Gasteiger partial charge in [0.15, 0.2) is 17.1 Å². The molecule has 2 aromatic carbocycles. The molecule has 3 rings (SSSR count). The minimum absolute atomic E-state index is 0.111. The van der Waals surface area contributed by atoms with Gasteiger partial charge in [0.05, 0.1) is 5.56 Å². The molecule has 0 saturated heterocycles. The molecular formula is C15H9BrO7. The maximum atomic E-state index is 12.4. The van der Waals surface area contributed by atoms with Gasteiger partial charge >= 0.3 is 0 Å². The first-order valence-electron chi connectivity index (χ1n) is 6.25. The molecule has 118 valence electrons. The van der Waals surface area contributed by atoms with Gasteiger partial charge in [-0.05, 0) is 28.1 Å². The highest BCUT2D eigenvalue weighted by atomic mass is 79.9. The molecule has 0 saturated carbocycles. The Morgan fingerprint density at radius 1 is 0.870 bits per heavy atom. The molecule has 1 aromatic heterocycles. The highest BCUT2D eigenvalue weighted by Crippen LogP contribution is 2.49. The lowest BCUT2D eigenvalue weighted by Gasteiger charge is -2.11. The molecule has 1 heterocycles. The van der Waals surface area contributed by atoms with E-state index in [1.165, 1.54) is 12.1 Å². The summed E-state index contributed by atoms with van der Waals surface area (Å²) in [7, 11) is 0. The van der Waals surface area contributed by atoms with E-state index in [2.05, 4.69) is 15.9 Å². The molecule has 23 heavy (non-hydrogen) atoms. The van der Waals surface area contributed by atoms with Crippen LogP contribution in [-0.2, 0) is 0 Å². The van der Waals surface area contributed by atoms with Gasteiger partial charge in [-0.2, -0.15) is 0 Å². The van der Waals surface area contributed by atoms with Crippen molar-refractivity contribution in [2.24, 2.45) is 0 Å². The number of phenolic OH excluding ortho intramolecular Hbond substituents is 5. The normalized spacial score (nSPS) is 11.0. The fourth-order valence-corrected chi connectivity index (χ4v) is 2.68. The van der Waals surface area contributed by atoms with Crippen LogP contribution in [0.25, 0.3) is 22.3 Å². The van der Waals surface area contributed by atoms with Gasteiger partial charge in [-0.3, -0.25) is 4.79 Å². The Bertz CT molecular complexity index is 1010. The summed E-state index contributed by atoms with van der Waals surface area (Å²) in [4.78, 5) is 12.4. The first kappa shape index (κ1) is 15.0. The van der Waals surface area contributed by atoms with E-state index in [4.69, 9.17) is 4.42 Å². The Morgan fingerprint density at radius 2 is 1.48 bits per heavy atom. The van der Waals surface area contributed by atoms with Crippen LogP contribution in [0.1, 0.15) is 0 Å². The van der Waals surface area contributed by atoms with Crippen molar-refractivity contribution in [3.8, 4) is 40.1 Å². The van der Waals surface area contributed by atoms with Crippen LogP contribution >= 0.6 is 15.9 Å². The lowest BCUT2D eigenvalue weighted by atomic mass is 10.1. The summed E-state index contributed by atoms with van der Waals surface area (Å²) >= 11 is 3.02. The molecule has 0 aliphatic carbocycles. The molecule has 3 aromatic rings. The van der Waals surface area contributed by atoms with Gasteiger partial charge in [0.1, 0.15) is 15.6 Å². The second kappa shape index (κ2) is 5.10. The zero-order valence-electron chi connectivity index (χ0n) is 11.2. The molecule has 0 atom stereocenters. The molecule has 0 radical (unpaired) electrons. The molecule has 5 N–H and O–H groups in total. The van der Waals surface area contributed by atoms with Gasteiger partial charge in [-0.15, -0.1) is 0 Å². The van der Waals surface area contributed by atoms with Crippen LogP contribution in [0.15, 0.2) is 37.9 Å². The Balaban J connectivity index is 2.52. The number of hydrogen-bond donors (Lipinski definition) is 5. The van der Waals surface area contributed by atoms with E-state index < -0.39 is 39.4 Å².